The van der Waals surface area contributed by atoms with Crippen LogP contribution < -0.4 is 15.4 Å². The van der Waals surface area contributed by atoms with Gasteiger partial charge in [0.25, 0.3) is 0 Å². The van der Waals surface area contributed by atoms with E-state index in [1.54, 1.807) is 32.2 Å². The number of ether oxygens (including phenoxy) is 3. The molecule has 0 saturated heterocycles. The van der Waals surface area contributed by atoms with Crippen molar-refractivity contribution < 1.29 is 23.8 Å². The SMILES string of the molecule is CCOC(=O)CNC(=O)Nc1ccc2c(c1)C=CC(C)(COC)O2. The standard InChI is InChI=1S/C17H22N2O5/c1-4-23-15(20)10-18-16(21)19-13-5-6-14-12(9-13)7-8-17(2,24-14)11-22-3/h5-9H,4,10-11H2,1-3H3,(H2,18,19,21). The number of methoxy groups -OCH3 is 1. The van der Waals surface area contributed by atoms with E-state index in [-0.39, 0.29) is 13.2 Å². The van der Waals surface area contributed by atoms with E-state index in [2.05, 4.69) is 10.6 Å². The molecule has 0 aliphatic carbocycles. The molecule has 130 valence electrons. The average molecular weight is 334 g/mol. The van der Waals surface area contributed by atoms with Gasteiger partial charge in [0.05, 0.1) is 13.2 Å². The van der Waals surface area contributed by atoms with Crippen molar-refractivity contribution in [2.75, 3.05) is 32.2 Å². The van der Waals surface area contributed by atoms with E-state index < -0.39 is 17.6 Å². The molecule has 0 bridgehead atoms. The molecule has 7 nitrogen and oxygen atoms in total. The molecule has 1 unspecified atom stereocenters. The first-order valence-electron chi connectivity index (χ1n) is 7.67. The summed E-state index contributed by atoms with van der Waals surface area (Å²) in [7, 11) is 1.62. The zero-order valence-corrected chi connectivity index (χ0v) is 14.0. The molecular formula is C17H22N2O5. The maximum atomic E-state index is 11.8. The quantitative estimate of drug-likeness (QED) is 0.779. The van der Waals surface area contributed by atoms with Crippen molar-refractivity contribution in [2.24, 2.45) is 0 Å². The van der Waals surface area contributed by atoms with Gasteiger partial charge in [0.2, 0.25) is 0 Å². The number of anilines is 1. The Bertz CT molecular complexity index is 644. The molecule has 1 aliphatic rings. The van der Waals surface area contributed by atoms with E-state index >= 15 is 0 Å². The van der Waals surface area contributed by atoms with Crippen LogP contribution in [0, 0.1) is 0 Å². The topological polar surface area (TPSA) is 85.9 Å². The van der Waals surface area contributed by atoms with Gasteiger partial charge in [-0.15, -0.1) is 0 Å². The summed E-state index contributed by atoms with van der Waals surface area (Å²) in [6.07, 6.45) is 3.85. The van der Waals surface area contributed by atoms with Crippen LogP contribution in [0.15, 0.2) is 24.3 Å². The maximum Gasteiger partial charge on any atom is 0.325 e. The van der Waals surface area contributed by atoms with Crippen LogP contribution in [-0.4, -0.2) is 44.5 Å². The molecule has 1 aliphatic heterocycles. The molecule has 24 heavy (non-hydrogen) atoms. The van der Waals surface area contributed by atoms with Gasteiger partial charge >= 0.3 is 12.0 Å². The van der Waals surface area contributed by atoms with Gasteiger partial charge in [0, 0.05) is 18.4 Å². The van der Waals surface area contributed by atoms with Crippen molar-refractivity contribution in [2.45, 2.75) is 19.4 Å². The van der Waals surface area contributed by atoms with E-state index in [4.69, 9.17) is 14.2 Å². The first-order chi connectivity index (χ1) is 11.5. The first kappa shape index (κ1) is 17.8. The third-order valence-corrected chi connectivity index (χ3v) is 3.36. The fraction of sp³-hybridized carbons (Fsp3) is 0.412. The number of urea groups is 1. The molecule has 0 fully saturated rings. The Morgan fingerprint density at radius 3 is 2.83 bits per heavy atom. The van der Waals surface area contributed by atoms with E-state index in [1.165, 1.54) is 0 Å². The number of fused-ring (bicyclic) bond motifs is 1. The van der Waals surface area contributed by atoms with E-state index in [1.807, 2.05) is 19.1 Å². The van der Waals surface area contributed by atoms with Gasteiger partial charge in [-0.25, -0.2) is 4.79 Å². The predicted molar refractivity (Wildman–Crippen MR) is 90.0 cm³/mol. The molecule has 1 aromatic rings. The van der Waals surface area contributed by atoms with Crippen LogP contribution in [0.25, 0.3) is 6.08 Å². The third kappa shape index (κ3) is 4.73. The summed E-state index contributed by atoms with van der Waals surface area (Å²) < 4.78 is 15.8. The lowest BCUT2D eigenvalue weighted by Gasteiger charge is -2.31. The van der Waals surface area contributed by atoms with Gasteiger partial charge in [-0.2, -0.15) is 0 Å². The van der Waals surface area contributed by atoms with Crippen molar-refractivity contribution in [3.63, 3.8) is 0 Å². The molecule has 2 amide bonds. The van der Waals surface area contributed by atoms with Crippen LogP contribution >= 0.6 is 0 Å². The van der Waals surface area contributed by atoms with Crippen LogP contribution in [0.2, 0.25) is 0 Å². The average Bonchev–Trinajstić information content (AvgIpc) is 2.53. The number of carbonyl (C=O) groups is 2. The van der Waals surface area contributed by atoms with Crippen molar-refractivity contribution in [1.82, 2.24) is 5.32 Å². The monoisotopic (exact) mass is 334 g/mol. The van der Waals surface area contributed by atoms with Crippen molar-refractivity contribution >= 4 is 23.8 Å². The second-order valence-corrected chi connectivity index (χ2v) is 5.55. The molecular weight excluding hydrogens is 312 g/mol. The Morgan fingerprint density at radius 2 is 2.12 bits per heavy atom. The molecule has 0 aromatic heterocycles. The van der Waals surface area contributed by atoms with Crippen molar-refractivity contribution in [3.05, 3.63) is 29.8 Å². The molecule has 0 radical (unpaired) electrons. The number of esters is 1. The lowest BCUT2D eigenvalue weighted by molar-refractivity contribution is -0.141. The summed E-state index contributed by atoms with van der Waals surface area (Å²) >= 11 is 0. The highest BCUT2D eigenvalue weighted by molar-refractivity contribution is 5.92. The highest BCUT2D eigenvalue weighted by Gasteiger charge is 2.27. The Morgan fingerprint density at radius 1 is 1.33 bits per heavy atom. The van der Waals surface area contributed by atoms with Crippen LogP contribution in [0.1, 0.15) is 19.4 Å². The molecule has 7 heteroatoms. The van der Waals surface area contributed by atoms with E-state index in [0.29, 0.717) is 12.3 Å². The van der Waals surface area contributed by atoms with Gasteiger partial charge in [-0.1, -0.05) is 6.08 Å². The minimum atomic E-state index is -0.506. The number of amides is 2. The molecule has 2 rings (SSSR count). The number of hydrogen-bond donors (Lipinski definition) is 2. The highest BCUT2D eigenvalue weighted by atomic mass is 16.5. The summed E-state index contributed by atoms with van der Waals surface area (Å²) in [5, 5.41) is 5.10. The third-order valence-electron chi connectivity index (χ3n) is 3.36. The summed E-state index contributed by atoms with van der Waals surface area (Å²) in [4.78, 5) is 23.0. The smallest absolute Gasteiger partial charge is 0.325 e. The fourth-order valence-electron chi connectivity index (χ4n) is 2.30. The van der Waals surface area contributed by atoms with Gasteiger partial charge in [0.1, 0.15) is 17.9 Å². The van der Waals surface area contributed by atoms with Crippen LogP contribution in [0.3, 0.4) is 0 Å². The molecule has 2 N–H and O–H groups in total. The number of nitrogens with one attached hydrogen (secondary N) is 2. The minimum Gasteiger partial charge on any atom is -0.480 e. The maximum absolute atomic E-state index is 11.8. The Kier molecular flexibility index (Phi) is 5.81. The zero-order valence-electron chi connectivity index (χ0n) is 14.0. The molecule has 1 heterocycles. The largest absolute Gasteiger partial charge is 0.480 e. The lowest BCUT2D eigenvalue weighted by atomic mass is 10.0. The molecule has 1 aromatic carbocycles. The van der Waals surface area contributed by atoms with Gasteiger partial charge < -0.3 is 24.8 Å². The van der Waals surface area contributed by atoms with E-state index in [9.17, 15) is 9.59 Å². The Hall–Kier alpha value is -2.54. The zero-order chi connectivity index (χ0) is 17.6. The molecule has 0 saturated carbocycles. The van der Waals surface area contributed by atoms with Gasteiger partial charge in [0.15, 0.2) is 0 Å². The lowest BCUT2D eigenvalue weighted by Crippen LogP contribution is -2.36. The van der Waals surface area contributed by atoms with Crippen LogP contribution in [-0.2, 0) is 14.3 Å². The normalized spacial score (nSPS) is 18.3. The Labute approximate surface area is 141 Å². The molecule has 0 spiro atoms. The number of benzene rings is 1. The summed E-state index contributed by atoms with van der Waals surface area (Å²) in [5.41, 5.74) is 0.943. The highest BCUT2D eigenvalue weighted by Crippen LogP contribution is 2.32. The summed E-state index contributed by atoms with van der Waals surface area (Å²) in [5.74, 6) is 0.237. The number of hydrogen-bond acceptors (Lipinski definition) is 5. The second kappa shape index (κ2) is 7.83. The minimum absolute atomic E-state index is 0.178. The summed E-state index contributed by atoms with van der Waals surface area (Å²) in [6, 6.07) is 4.83. The first-order valence-corrected chi connectivity index (χ1v) is 7.67. The predicted octanol–water partition coefficient (Wildman–Crippen LogP) is 2.18. The van der Waals surface area contributed by atoms with Gasteiger partial charge in [-0.3, -0.25) is 4.79 Å². The van der Waals surface area contributed by atoms with Crippen LogP contribution in [0.4, 0.5) is 10.5 Å². The Balaban J connectivity index is 1.96. The van der Waals surface area contributed by atoms with Crippen LogP contribution in [0.5, 0.6) is 5.75 Å². The fourth-order valence-corrected chi connectivity index (χ4v) is 2.30. The van der Waals surface area contributed by atoms with Crippen molar-refractivity contribution in [3.8, 4) is 5.75 Å². The number of rotatable bonds is 6. The second-order valence-electron chi connectivity index (χ2n) is 5.55. The number of carbonyl (C=O) groups excluding carboxylic acids is 2. The molecule has 1 atom stereocenters. The van der Waals surface area contributed by atoms with E-state index in [0.717, 1.165) is 11.3 Å². The van der Waals surface area contributed by atoms with Gasteiger partial charge in [-0.05, 0) is 38.1 Å². The van der Waals surface area contributed by atoms with Crippen molar-refractivity contribution in [1.29, 1.82) is 0 Å². The summed E-state index contributed by atoms with van der Waals surface area (Å²) in [6.45, 7) is 4.19.